The average molecular weight is 603 g/mol. The average Bonchev–Trinajstić information content (AvgIpc) is 2.92. The third-order valence-electron chi connectivity index (χ3n) is 6.28. The minimum atomic E-state index is -3.97. The van der Waals surface area contributed by atoms with Gasteiger partial charge in [0.15, 0.2) is 5.82 Å². The molecule has 0 radical (unpaired) electrons. The van der Waals surface area contributed by atoms with Gasteiger partial charge in [-0.1, -0.05) is 23.7 Å². The number of hydrogen-bond acceptors (Lipinski definition) is 7. The number of carbonyl (C=O) groups excluding carboxylic acids is 1. The number of ether oxygens (including phenoxy) is 1. The van der Waals surface area contributed by atoms with Crippen LogP contribution in [-0.2, 0) is 23.2 Å². The van der Waals surface area contributed by atoms with Crippen LogP contribution < -0.4 is 24.7 Å². The van der Waals surface area contributed by atoms with Crippen molar-refractivity contribution < 1.29 is 26.8 Å². The number of anilines is 2. The van der Waals surface area contributed by atoms with E-state index in [9.17, 15) is 18.0 Å². The van der Waals surface area contributed by atoms with Crippen LogP contribution in [0.4, 0.5) is 20.6 Å². The number of hydrogen-bond donors (Lipinski definition) is 2. The van der Waals surface area contributed by atoms with Crippen LogP contribution in [0.1, 0.15) is 16.7 Å². The molecular formula is C28H28ClFN4O6S. The molecule has 0 aliphatic heterocycles. The summed E-state index contributed by atoms with van der Waals surface area (Å²) in [5.74, 6) is -0.645. The Balaban J connectivity index is 1.82. The van der Waals surface area contributed by atoms with E-state index in [-0.39, 0.29) is 41.1 Å². The second-order valence-electron chi connectivity index (χ2n) is 9.36. The molecule has 4 rings (SSSR count). The Bertz CT molecular complexity index is 1760. The molecular weight excluding hydrogens is 575 g/mol. The highest BCUT2D eigenvalue weighted by molar-refractivity contribution is 7.90. The highest BCUT2D eigenvalue weighted by atomic mass is 35.5. The first-order valence-corrected chi connectivity index (χ1v) is 14.2. The molecule has 2 N–H and O–H groups in total. The van der Waals surface area contributed by atoms with Crippen LogP contribution in [0, 0.1) is 5.82 Å². The van der Waals surface area contributed by atoms with Gasteiger partial charge < -0.3 is 19.0 Å². The van der Waals surface area contributed by atoms with E-state index >= 15 is 4.39 Å². The van der Waals surface area contributed by atoms with E-state index in [1.165, 1.54) is 50.3 Å². The largest absolute Gasteiger partial charge is 0.422 e. The molecule has 0 atom stereocenters. The van der Waals surface area contributed by atoms with Crippen molar-refractivity contribution in [3.8, 4) is 5.75 Å². The Kier molecular flexibility index (Phi) is 8.86. The van der Waals surface area contributed by atoms with Gasteiger partial charge in [-0.2, -0.15) is 8.42 Å². The van der Waals surface area contributed by atoms with E-state index in [2.05, 4.69) is 9.44 Å². The van der Waals surface area contributed by atoms with Gasteiger partial charge in [0, 0.05) is 68.9 Å². The van der Waals surface area contributed by atoms with E-state index in [0.717, 1.165) is 5.69 Å². The number of nitrogens with zero attached hydrogens (tertiary/aromatic N) is 2. The van der Waals surface area contributed by atoms with E-state index in [1.807, 2.05) is 24.1 Å². The van der Waals surface area contributed by atoms with Gasteiger partial charge in [-0.15, -0.1) is 0 Å². The Morgan fingerprint density at radius 2 is 1.76 bits per heavy atom. The first-order chi connectivity index (χ1) is 19.4. The summed E-state index contributed by atoms with van der Waals surface area (Å²) in [6.45, 7) is 0.226. The lowest BCUT2D eigenvalue weighted by molar-refractivity contribution is 0.172. The van der Waals surface area contributed by atoms with E-state index < -0.39 is 27.7 Å². The summed E-state index contributed by atoms with van der Waals surface area (Å²) in [7, 11) is 2.13. The van der Waals surface area contributed by atoms with Crippen LogP contribution in [0.3, 0.4) is 0 Å². The second-order valence-corrected chi connectivity index (χ2v) is 11.4. The molecule has 1 heterocycles. The van der Waals surface area contributed by atoms with Crippen LogP contribution in [0.2, 0.25) is 5.02 Å². The lowest BCUT2D eigenvalue weighted by Crippen LogP contribution is -2.27. The van der Waals surface area contributed by atoms with E-state index in [4.69, 9.17) is 20.8 Å². The molecule has 13 heteroatoms. The summed E-state index contributed by atoms with van der Waals surface area (Å²) in [6.07, 6.45) is -0.782. The molecule has 1 aromatic heterocycles. The van der Waals surface area contributed by atoms with Gasteiger partial charge in [0.2, 0.25) is 0 Å². The summed E-state index contributed by atoms with van der Waals surface area (Å²) in [5, 5.41) is 1.12. The van der Waals surface area contributed by atoms with Crippen LogP contribution >= 0.6 is 11.6 Å². The minimum Gasteiger partial charge on any atom is -0.422 e. The molecule has 4 aromatic rings. The predicted molar refractivity (Wildman–Crippen MR) is 157 cm³/mol. The van der Waals surface area contributed by atoms with Gasteiger partial charge in [-0.3, -0.25) is 4.72 Å². The monoisotopic (exact) mass is 602 g/mol. The van der Waals surface area contributed by atoms with Gasteiger partial charge >= 0.3 is 11.7 Å². The maximum absolute atomic E-state index is 15.4. The molecule has 0 fully saturated rings. The lowest BCUT2D eigenvalue weighted by Gasteiger charge is -2.22. The van der Waals surface area contributed by atoms with Crippen molar-refractivity contribution >= 4 is 50.2 Å². The third-order valence-corrected chi connectivity index (χ3v) is 7.56. The van der Waals surface area contributed by atoms with Crippen molar-refractivity contribution in [2.45, 2.75) is 13.0 Å². The number of rotatable bonds is 9. The number of fused-ring (bicyclic) bond motifs is 1. The van der Waals surface area contributed by atoms with Crippen molar-refractivity contribution in [1.29, 1.82) is 0 Å². The van der Waals surface area contributed by atoms with Crippen molar-refractivity contribution in [2.24, 2.45) is 0 Å². The summed E-state index contributed by atoms with van der Waals surface area (Å²) in [6, 6.07) is 16.0. The number of benzene rings is 3. The first-order valence-electron chi connectivity index (χ1n) is 12.3. The van der Waals surface area contributed by atoms with Gasteiger partial charge in [0.05, 0.1) is 5.69 Å². The Morgan fingerprint density at radius 1 is 1.05 bits per heavy atom. The highest BCUT2D eigenvalue weighted by Crippen LogP contribution is 2.30. The fourth-order valence-electron chi connectivity index (χ4n) is 4.10. The normalized spacial score (nSPS) is 11.4. The SMILES string of the molecule is CNS(=O)(=O)Nc1cccc(Cc2c(CN(C)c3ccc(Cl)cc3)c3ccc(OC(=O)N(C)C)cc3oc2=O)c1F. The molecule has 41 heavy (non-hydrogen) atoms. The fraction of sp³-hybridized carbons (Fsp3) is 0.214. The number of nitrogens with one attached hydrogen (secondary N) is 2. The molecule has 0 bridgehead atoms. The molecule has 10 nitrogen and oxygen atoms in total. The smallest absolute Gasteiger partial charge is 0.414 e. The first kappa shape index (κ1) is 29.8. The Hall–Kier alpha value is -4.13. The minimum absolute atomic E-state index is 0.0832. The molecule has 216 valence electrons. The zero-order valence-corrected chi connectivity index (χ0v) is 24.3. The molecule has 0 spiro atoms. The summed E-state index contributed by atoms with van der Waals surface area (Å²) in [5.41, 5.74) is 0.831. The third kappa shape index (κ3) is 6.96. The van der Waals surface area contributed by atoms with Crippen molar-refractivity contribution in [1.82, 2.24) is 9.62 Å². The Labute approximate surface area is 241 Å². The zero-order valence-electron chi connectivity index (χ0n) is 22.7. The molecule has 0 unspecified atom stereocenters. The lowest BCUT2D eigenvalue weighted by atomic mass is 9.97. The van der Waals surface area contributed by atoms with Gasteiger partial charge in [0.25, 0.3) is 10.2 Å². The fourth-order valence-corrected chi connectivity index (χ4v) is 4.78. The van der Waals surface area contributed by atoms with E-state index in [0.29, 0.717) is 16.0 Å². The van der Waals surface area contributed by atoms with Crippen LogP contribution in [0.5, 0.6) is 5.75 Å². The maximum atomic E-state index is 15.4. The summed E-state index contributed by atoms with van der Waals surface area (Å²) in [4.78, 5) is 28.6. The maximum Gasteiger partial charge on any atom is 0.414 e. The molecule has 1 amide bonds. The van der Waals surface area contributed by atoms with Crippen molar-refractivity contribution in [3.63, 3.8) is 0 Å². The highest BCUT2D eigenvalue weighted by Gasteiger charge is 2.21. The predicted octanol–water partition coefficient (Wildman–Crippen LogP) is 4.75. The second kappa shape index (κ2) is 12.2. The van der Waals surface area contributed by atoms with Gasteiger partial charge in [-0.25, -0.2) is 18.7 Å². The summed E-state index contributed by atoms with van der Waals surface area (Å²) >= 11 is 6.04. The Morgan fingerprint density at radius 3 is 2.41 bits per heavy atom. The van der Waals surface area contributed by atoms with E-state index in [1.54, 1.807) is 24.3 Å². The van der Waals surface area contributed by atoms with Crippen molar-refractivity contribution in [3.05, 3.63) is 98.6 Å². The van der Waals surface area contributed by atoms with Crippen LogP contribution in [-0.4, -0.2) is 47.6 Å². The van der Waals surface area contributed by atoms with Crippen molar-refractivity contribution in [2.75, 3.05) is 37.8 Å². The molecule has 0 saturated carbocycles. The van der Waals surface area contributed by atoms with Gasteiger partial charge in [0.1, 0.15) is 11.3 Å². The van der Waals surface area contributed by atoms with Crippen LogP contribution in [0.25, 0.3) is 11.0 Å². The summed E-state index contributed by atoms with van der Waals surface area (Å²) < 4.78 is 54.5. The molecule has 3 aromatic carbocycles. The number of halogens is 2. The quantitative estimate of drug-likeness (QED) is 0.265. The zero-order chi connectivity index (χ0) is 29.9. The number of carbonyl (C=O) groups is 1. The number of amides is 1. The molecule has 0 aliphatic rings. The topological polar surface area (TPSA) is 121 Å². The standard InChI is InChI=1S/C28H28ClFN4O6S/c1-31-41(37,38)32-24-7-5-6-17(26(24)30)14-22-23(16-34(4)19-10-8-18(29)9-11-19)21-13-12-20(39-28(36)33(2)3)15-25(21)40-27(22)35/h5-13,15,31-32H,14,16H2,1-4H3. The molecule has 0 saturated heterocycles. The van der Waals surface area contributed by atoms with Crippen LogP contribution in [0.15, 0.2) is 69.9 Å². The van der Waals surface area contributed by atoms with Gasteiger partial charge in [-0.05, 0) is 53.6 Å². The molecule has 0 aliphatic carbocycles.